The number of hydrogen-bond donors (Lipinski definition) is 1. The van der Waals surface area contributed by atoms with Gasteiger partial charge in [0.1, 0.15) is 0 Å². The summed E-state index contributed by atoms with van der Waals surface area (Å²) in [4.78, 5) is 35.3. The van der Waals surface area contributed by atoms with Gasteiger partial charge in [0.2, 0.25) is 12.2 Å². The molecule has 0 spiro atoms. The molecule has 1 saturated heterocycles. The van der Waals surface area contributed by atoms with Gasteiger partial charge in [0.25, 0.3) is 0 Å². The van der Waals surface area contributed by atoms with Crippen molar-refractivity contribution in [2.75, 3.05) is 26.4 Å². The molecule has 1 N–H and O–H groups in total. The van der Waals surface area contributed by atoms with E-state index < -0.39 is 37.2 Å². The summed E-state index contributed by atoms with van der Waals surface area (Å²) in [5, 5.41) is 2.65. The van der Waals surface area contributed by atoms with Crippen LogP contribution in [0.3, 0.4) is 0 Å². The summed E-state index contributed by atoms with van der Waals surface area (Å²) in [6, 6.07) is 0. The van der Waals surface area contributed by atoms with Gasteiger partial charge >= 0.3 is 19.5 Å². The van der Waals surface area contributed by atoms with E-state index in [1.807, 2.05) is 13.8 Å². The average Bonchev–Trinajstić information content (AvgIpc) is 2.56. The van der Waals surface area contributed by atoms with Gasteiger partial charge in [-0.2, -0.15) is 0 Å². The number of methoxy groups -OCH3 is 1. The van der Waals surface area contributed by atoms with Gasteiger partial charge in [0.05, 0.1) is 38.1 Å². The van der Waals surface area contributed by atoms with E-state index >= 15 is 0 Å². The summed E-state index contributed by atoms with van der Waals surface area (Å²) in [6.07, 6.45) is -1.16. The van der Waals surface area contributed by atoms with E-state index in [9.17, 15) is 18.9 Å². The first-order chi connectivity index (χ1) is 12.4. The fraction of sp³-hybridized carbons (Fsp3) is 0.824. The van der Waals surface area contributed by atoms with Crippen molar-refractivity contribution >= 4 is 25.4 Å². The highest BCUT2D eigenvalue weighted by atomic mass is 31.2. The molecule has 10 heteroatoms. The van der Waals surface area contributed by atoms with Crippen LogP contribution in [-0.2, 0) is 37.5 Å². The third kappa shape index (κ3) is 7.24. The lowest BCUT2D eigenvalue weighted by Gasteiger charge is -2.40. The lowest BCUT2D eigenvalue weighted by molar-refractivity contribution is -0.166. The number of carbonyl (C=O) groups excluding carboxylic acids is 3. The molecule has 0 saturated carbocycles. The summed E-state index contributed by atoms with van der Waals surface area (Å²) in [5.74, 6) is -2.26. The van der Waals surface area contributed by atoms with Crippen LogP contribution in [0.2, 0.25) is 0 Å². The van der Waals surface area contributed by atoms with Crippen LogP contribution in [-0.4, -0.2) is 50.6 Å². The summed E-state index contributed by atoms with van der Waals surface area (Å²) in [5.41, 5.74) is -0.579. The van der Waals surface area contributed by atoms with Crippen LogP contribution in [0.25, 0.3) is 0 Å². The van der Waals surface area contributed by atoms with Crippen LogP contribution in [0, 0.1) is 17.3 Å². The van der Waals surface area contributed by atoms with Crippen molar-refractivity contribution in [1.82, 2.24) is 5.32 Å². The van der Waals surface area contributed by atoms with Gasteiger partial charge in [-0.05, 0) is 6.92 Å². The zero-order valence-electron chi connectivity index (χ0n) is 16.8. The Morgan fingerprint density at radius 1 is 1.26 bits per heavy atom. The molecule has 0 aromatic heterocycles. The van der Waals surface area contributed by atoms with E-state index in [1.165, 1.54) is 14.0 Å². The smallest absolute Gasteiger partial charge is 0.334 e. The number of esters is 2. The molecule has 0 bridgehead atoms. The van der Waals surface area contributed by atoms with Gasteiger partial charge < -0.3 is 19.3 Å². The molecule has 0 aromatic rings. The van der Waals surface area contributed by atoms with Gasteiger partial charge in [-0.25, -0.2) is 0 Å². The Morgan fingerprint density at radius 3 is 2.44 bits per heavy atom. The molecule has 0 aromatic carbocycles. The monoisotopic (exact) mass is 407 g/mol. The Labute approximate surface area is 160 Å². The van der Waals surface area contributed by atoms with Crippen LogP contribution in [0.15, 0.2) is 0 Å². The summed E-state index contributed by atoms with van der Waals surface area (Å²) < 4.78 is 33.3. The summed E-state index contributed by atoms with van der Waals surface area (Å²) in [7, 11) is -2.36. The maximum Gasteiger partial charge on any atom is 0.334 e. The second kappa shape index (κ2) is 9.66. The minimum Gasteiger partial charge on any atom is -0.469 e. The highest BCUT2D eigenvalue weighted by Gasteiger charge is 2.48. The van der Waals surface area contributed by atoms with Gasteiger partial charge in [-0.15, -0.1) is 0 Å². The van der Waals surface area contributed by atoms with Gasteiger partial charge in [0, 0.05) is 12.0 Å². The predicted octanol–water partition coefficient (Wildman–Crippen LogP) is 2.09. The molecule has 1 rings (SSSR count). The highest BCUT2D eigenvalue weighted by Crippen LogP contribution is 2.58. The summed E-state index contributed by atoms with van der Waals surface area (Å²) >= 11 is 0. The Balaban J connectivity index is 2.72. The van der Waals surface area contributed by atoms with Crippen LogP contribution in [0.5, 0.6) is 0 Å². The number of amides is 1. The molecule has 1 fully saturated rings. The number of nitrogens with one attached hydrogen (secondary N) is 1. The van der Waals surface area contributed by atoms with Gasteiger partial charge in [-0.3, -0.25) is 23.5 Å². The molecule has 9 nitrogen and oxygen atoms in total. The first-order valence-electron chi connectivity index (χ1n) is 8.87. The highest BCUT2D eigenvalue weighted by molar-refractivity contribution is 7.54. The van der Waals surface area contributed by atoms with Crippen molar-refractivity contribution in [3.63, 3.8) is 0 Å². The molecule has 1 heterocycles. The number of hydrogen-bond acceptors (Lipinski definition) is 8. The minimum atomic E-state index is -3.63. The Kier molecular flexibility index (Phi) is 8.45. The fourth-order valence-corrected chi connectivity index (χ4v) is 4.84. The molecule has 1 aliphatic heterocycles. The number of ether oxygens (including phenoxy) is 2. The first-order valence-corrected chi connectivity index (χ1v) is 10.6. The third-order valence-corrected chi connectivity index (χ3v) is 6.17. The van der Waals surface area contributed by atoms with Crippen LogP contribution in [0.4, 0.5) is 0 Å². The molecular weight excluding hydrogens is 377 g/mol. The lowest BCUT2D eigenvalue weighted by Crippen LogP contribution is -2.46. The Hall–Kier alpha value is -1.44. The van der Waals surface area contributed by atoms with Crippen molar-refractivity contribution in [3.05, 3.63) is 0 Å². The van der Waals surface area contributed by atoms with E-state index in [0.717, 1.165) is 0 Å². The van der Waals surface area contributed by atoms with Crippen molar-refractivity contribution in [3.8, 4) is 0 Å². The molecule has 1 unspecified atom stereocenters. The standard InChI is InChI=1S/C17H30NO8P/c1-11(2)16(21)25-12(3)26-27(22)9-13(17(4,5)10-24-27)15(20)18-8-7-14(19)23-6/h11-13H,7-10H2,1-6H3,(H,18,20)/t12?,13-,27-/m0/s1. The molecule has 0 radical (unpaired) electrons. The normalized spacial score (nSPS) is 25.5. The number of rotatable bonds is 8. The Morgan fingerprint density at radius 2 is 1.89 bits per heavy atom. The SMILES string of the molecule is COC(=O)CCNC(=O)[C@@H]1C[P@@](=O)(OC(C)OC(=O)C(C)C)OCC1(C)C. The molecule has 27 heavy (non-hydrogen) atoms. The zero-order valence-corrected chi connectivity index (χ0v) is 17.7. The average molecular weight is 407 g/mol. The molecule has 0 aliphatic carbocycles. The van der Waals surface area contributed by atoms with Crippen LogP contribution in [0.1, 0.15) is 41.0 Å². The van der Waals surface area contributed by atoms with E-state index in [2.05, 4.69) is 10.1 Å². The van der Waals surface area contributed by atoms with Gasteiger partial charge in [-0.1, -0.05) is 27.7 Å². The van der Waals surface area contributed by atoms with Crippen LogP contribution < -0.4 is 5.32 Å². The Bertz CT molecular complexity index is 604. The lowest BCUT2D eigenvalue weighted by atomic mass is 9.80. The van der Waals surface area contributed by atoms with Crippen molar-refractivity contribution < 1.29 is 37.5 Å². The molecular formula is C17H30NO8P. The van der Waals surface area contributed by atoms with Crippen molar-refractivity contribution in [2.45, 2.75) is 47.3 Å². The number of carbonyl (C=O) groups is 3. The quantitative estimate of drug-likeness (QED) is 0.369. The maximum absolute atomic E-state index is 12.9. The van der Waals surface area contributed by atoms with E-state index in [-0.39, 0.29) is 37.6 Å². The minimum absolute atomic E-state index is 0.0439. The van der Waals surface area contributed by atoms with Crippen molar-refractivity contribution in [2.24, 2.45) is 17.3 Å². The van der Waals surface area contributed by atoms with Crippen LogP contribution >= 0.6 is 7.60 Å². The second-order valence-electron chi connectivity index (χ2n) is 7.49. The van der Waals surface area contributed by atoms with E-state index in [4.69, 9.17) is 13.8 Å². The predicted molar refractivity (Wildman–Crippen MR) is 96.8 cm³/mol. The molecule has 1 amide bonds. The van der Waals surface area contributed by atoms with Gasteiger partial charge in [0.15, 0.2) is 0 Å². The molecule has 156 valence electrons. The zero-order chi connectivity index (χ0) is 20.8. The van der Waals surface area contributed by atoms with E-state index in [1.54, 1.807) is 13.8 Å². The largest absolute Gasteiger partial charge is 0.469 e. The molecule has 3 atom stereocenters. The fourth-order valence-electron chi connectivity index (χ4n) is 2.46. The van der Waals surface area contributed by atoms with Crippen molar-refractivity contribution in [1.29, 1.82) is 0 Å². The maximum atomic E-state index is 12.9. The topological polar surface area (TPSA) is 117 Å². The van der Waals surface area contributed by atoms with E-state index in [0.29, 0.717) is 0 Å². The summed E-state index contributed by atoms with van der Waals surface area (Å²) in [6.45, 7) is 8.61. The third-order valence-electron chi connectivity index (χ3n) is 4.22. The second-order valence-corrected chi connectivity index (χ2v) is 9.55. The molecule has 1 aliphatic rings. The first kappa shape index (κ1) is 23.6.